The van der Waals surface area contributed by atoms with Crippen LogP contribution in [0, 0.1) is 5.82 Å². The molecule has 18 heavy (non-hydrogen) atoms. The van der Waals surface area contributed by atoms with E-state index in [0.29, 0.717) is 18.8 Å². The second-order valence-corrected chi connectivity index (χ2v) is 4.62. The lowest BCUT2D eigenvalue weighted by Gasteiger charge is -2.22. The van der Waals surface area contributed by atoms with Crippen LogP contribution in [0.15, 0.2) is 12.1 Å². The zero-order chi connectivity index (χ0) is 13.1. The summed E-state index contributed by atoms with van der Waals surface area (Å²) in [5, 5.41) is 5.34. The van der Waals surface area contributed by atoms with Crippen molar-refractivity contribution in [1.82, 2.24) is 5.32 Å². The first-order chi connectivity index (χ1) is 8.58. The Balaban J connectivity index is 2.06. The highest BCUT2D eigenvalue weighted by Crippen LogP contribution is 2.27. The number of hydrogen-bond donors (Lipinski definition) is 2. The number of halogens is 3. The van der Waals surface area contributed by atoms with Crippen molar-refractivity contribution in [3.05, 3.63) is 28.0 Å². The summed E-state index contributed by atoms with van der Waals surface area (Å²) < 4.78 is 18.5. The third-order valence-electron chi connectivity index (χ3n) is 2.47. The van der Waals surface area contributed by atoms with Crippen LogP contribution in [0.25, 0.3) is 0 Å². The summed E-state index contributed by atoms with van der Waals surface area (Å²) >= 11 is 11.3. The molecule has 0 aliphatic carbocycles. The summed E-state index contributed by atoms with van der Waals surface area (Å²) in [5.74, 6) is -1.02. The summed E-state index contributed by atoms with van der Waals surface area (Å²) in [4.78, 5) is 11.8. The molecule has 2 N–H and O–H groups in total. The molecule has 0 bridgehead atoms. The summed E-state index contributed by atoms with van der Waals surface area (Å²) in [6, 6.07) is 2.61. The van der Waals surface area contributed by atoms with Gasteiger partial charge in [-0.15, -0.1) is 0 Å². The maximum Gasteiger partial charge on any atom is 0.254 e. The average molecular weight is 293 g/mol. The van der Waals surface area contributed by atoms with Crippen LogP contribution in [0.1, 0.15) is 0 Å². The predicted octanol–water partition coefficient (Wildman–Crippen LogP) is 2.06. The van der Waals surface area contributed by atoms with E-state index in [1.54, 1.807) is 0 Å². The molecule has 0 aromatic heterocycles. The van der Waals surface area contributed by atoms with E-state index in [2.05, 4.69) is 10.6 Å². The van der Waals surface area contributed by atoms with E-state index in [4.69, 9.17) is 27.9 Å². The quantitative estimate of drug-likeness (QED) is 0.821. The third-order valence-corrected chi connectivity index (χ3v) is 3.02. The van der Waals surface area contributed by atoms with Crippen molar-refractivity contribution in [2.75, 3.05) is 25.0 Å². The number of morpholine rings is 1. The van der Waals surface area contributed by atoms with Crippen LogP contribution in [0.5, 0.6) is 0 Å². The van der Waals surface area contributed by atoms with Crippen molar-refractivity contribution in [3.63, 3.8) is 0 Å². The van der Waals surface area contributed by atoms with Gasteiger partial charge in [-0.25, -0.2) is 4.39 Å². The maximum absolute atomic E-state index is 13.2. The van der Waals surface area contributed by atoms with Crippen molar-refractivity contribution in [1.29, 1.82) is 0 Å². The van der Waals surface area contributed by atoms with E-state index >= 15 is 0 Å². The SMILES string of the molecule is O=C(Nc1cc(Cl)c(F)c(Cl)c1)C1CNCCO1. The first-order valence-corrected chi connectivity index (χ1v) is 6.11. The molecule has 1 atom stereocenters. The highest BCUT2D eigenvalue weighted by atomic mass is 35.5. The van der Waals surface area contributed by atoms with Crippen LogP contribution in [0.4, 0.5) is 10.1 Å². The molecule has 1 aromatic carbocycles. The molecule has 1 unspecified atom stereocenters. The molecule has 1 amide bonds. The minimum Gasteiger partial charge on any atom is -0.366 e. The smallest absolute Gasteiger partial charge is 0.254 e. The molecule has 98 valence electrons. The molecular formula is C11H11Cl2FN2O2. The Morgan fingerprint density at radius 2 is 2.11 bits per heavy atom. The van der Waals surface area contributed by atoms with Crippen molar-refractivity contribution in [2.24, 2.45) is 0 Å². The van der Waals surface area contributed by atoms with Gasteiger partial charge in [0.2, 0.25) is 0 Å². The van der Waals surface area contributed by atoms with Crippen LogP contribution in [0.3, 0.4) is 0 Å². The fourth-order valence-corrected chi connectivity index (χ4v) is 2.07. The number of rotatable bonds is 2. The van der Waals surface area contributed by atoms with E-state index in [1.165, 1.54) is 12.1 Å². The van der Waals surface area contributed by atoms with Gasteiger partial charge in [-0.3, -0.25) is 4.79 Å². The topological polar surface area (TPSA) is 50.4 Å². The Labute approximate surface area is 113 Å². The van der Waals surface area contributed by atoms with Crippen LogP contribution in [-0.2, 0) is 9.53 Å². The highest BCUT2D eigenvalue weighted by Gasteiger charge is 2.22. The zero-order valence-corrected chi connectivity index (χ0v) is 10.8. The number of hydrogen-bond acceptors (Lipinski definition) is 3. The molecule has 1 aromatic rings. The van der Waals surface area contributed by atoms with Crippen LogP contribution in [0.2, 0.25) is 10.0 Å². The lowest BCUT2D eigenvalue weighted by molar-refractivity contribution is -0.128. The Morgan fingerprint density at radius 3 is 2.67 bits per heavy atom. The van der Waals surface area contributed by atoms with Gasteiger partial charge in [0.05, 0.1) is 16.7 Å². The van der Waals surface area contributed by atoms with Gasteiger partial charge in [-0.05, 0) is 12.1 Å². The van der Waals surface area contributed by atoms with E-state index in [9.17, 15) is 9.18 Å². The lowest BCUT2D eigenvalue weighted by Crippen LogP contribution is -2.45. The predicted molar refractivity (Wildman–Crippen MR) is 67.7 cm³/mol. The van der Waals surface area contributed by atoms with Gasteiger partial charge in [0.25, 0.3) is 5.91 Å². The monoisotopic (exact) mass is 292 g/mol. The second kappa shape index (κ2) is 5.84. The lowest BCUT2D eigenvalue weighted by atomic mass is 10.2. The van der Waals surface area contributed by atoms with Gasteiger partial charge < -0.3 is 15.4 Å². The van der Waals surface area contributed by atoms with Crippen molar-refractivity contribution in [2.45, 2.75) is 6.10 Å². The fraction of sp³-hybridized carbons (Fsp3) is 0.364. The Kier molecular flexibility index (Phi) is 4.40. The molecule has 0 saturated carbocycles. The molecule has 1 saturated heterocycles. The Morgan fingerprint density at radius 1 is 1.44 bits per heavy atom. The fourth-order valence-electron chi connectivity index (χ4n) is 1.58. The first-order valence-electron chi connectivity index (χ1n) is 5.35. The van der Waals surface area contributed by atoms with Gasteiger partial charge >= 0.3 is 0 Å². The van der Waals surface area contributed by atoms with Crippen LogP contribution in [-0.4, -0.2) is 31.7 Å². The van der Waals surface area contributed by atoms with Crippen LogP contribution >= 0.6 is 23.2 Å². The summed E-state index contributed by atoms with van der Waals surface area (Å²) in [7, 11) is 0. The first kappa shape index (κ1) is 13.5. The van der Waals surface area contributed by atoms with Crippen molar-refractivity contribution in [3.8, 4) is 0 Å². The summed E-state index contributed by atoms with van der Waals surface area (Å²) in [6.07, 6.45) is -0.568. The second-order valence-electron chi connectivity index (χ2n) is 3.81. The molecule has 4 nitrogen and oxygen atoms in total. The molecule has 1 fully saturated rings. The molecule has 7 heteroatoms. The number of amides is 1. The summed E-state index contributed by atoms with van der Waals surface area (Å²) in [5.41, 5.74) is 0.338. The van der Waals surface area contributed by atoms with Gasteiger partial charge in [-0.2, -0.15) is 0 Å². The average Bonchev–Trinajstić information content (AvgIpc) is 2.37. The highest BCUT2D eigenvalue weighted by molar-refractivity contribution is 6.35. The molecule has 0 spiro atoms. The van der Waals surface area contributed by atoms with Gasteiger partial charge in [0.15, 0.2) is 5.82 Å². The molecule has 1 aliphatic heterocycles. The van der Waals surface area contributed by atoms with E-state index in [0.717, 1.165) is 6.54 Å². The largest absolute Gasteiger partial charge is 0.366 e. The van der Waals surface area contributed by atoms with Crippen molar-refractivity contribution < 1.29 is 13.9 Å². The normalized spacial score (nSPS) is 19.6. The zero-order valence-electron chi connectivity index (χ0n) is 9.30. The number of benzene rings is 1. The van der Waals surface area contributed by atoms with E-state index in [1.807, 2.05) is 0 Å². The third kappa shape index (κ3) is 3.11. The molecule has 2 rings (SSSR count). The van der Waals surface area contributed by atoms with Gasteiger partial charge in [-0.1, -0.05) is 23.2 Å². The number of anilines is 1. The Hall–Kier alpha value is -0.880. The minimum atomic E-state index is -0.702. The number of carbonyl (C=O) groups is 1. The number of nitrogens with one attached hydrogen (secondary N) is 2. The van der Waals surface area contributed by atoms with E-state index < -0.39 is 11.9 Å². The summed E-state index contributed by atoms with van der Waals surface area (Å²) in [6.45, 7) is 1.63. The Bertz CT molecular complexity index is 441. The van der Waals surface area contributed by atoms with Crippen molar-refractivity contribution >= 4 is 34.8 Å². The molecule has 1 aliphatic rings. The molecule has 1 heterocycles. The maximum atomic E-state index is 13.2. The number of ether oxygens (including phenoxy) is 1. The number of carbonyl (C=O) groups excluding carboxylic acids is 1. The van der Waals surface area contributed by atoms with E-state index in [-0.39, 0.29) is 16.0 Å². The van der Waals surface area contributed by atoms with Crippen LogP contribution < -0.4 is 10.6 Å². The van der Waals surface area contributed by atoms with Gasteiger partial charge in [0.1, 0.15) is 6.10 Å². The minimum absolute atomic E-state index is 0.138. The van der Waals surface area contributed by atoms with Gasteiger partial charge in [0, 0.05) is 18.8 Å². The standard InChI is InChI=1S/C11H11Cl2FN2O2/c12-7-3-6(4-8(13)10(7)14)16-11(17)9-5-15-1-2-18-9/h3-4,9,15H,1-2,5H2,(H,16,17). The molecule has 0 radical (unpaired) electrons. The molecular weight excluding hydrogens is 282 g/mol.